The molecule has 2 amide bonds. The lowest BCUT2D eigenvalue weighted by molar-refractivity contribution is -0.383. The zero-order chi connectivity index (χ0) is 18.7. The third-order valence-corrected chi connectivity index (χ3v) is 4.93. The van der Waals surface area contributed by atoms with Gasteiger partial charge < -0.3 is 20.3 Å². The Morgan fingerprint density at radius 2 is 1.77 bits per heavy atom. The smallest absolute Gasteiger partial charge is 0.292 e. The number of nitrogen functional groups attached to an aromatic ring is 1. The molecule has 2 aliphatic rings. The number of ether oxygens (including phenoxy) is 1. The second-order valence-corrected chi connectivity index (χ2v) is 6.53. The van der Waals surface area contributed by atoms with Crippen molar-refractivity contribution < 1.29 is 19.2 Å². The number of amides is 2. The van der Waals surface area contributed by atoms with Gasteiger partial charge >= 0.3 is 0 Å². The predicted octanol–water partition coefficient (Wildman–Crippen LogP) is 0.888. The summed E-state index contributed by atoms with van der Waals surface area (Å²) in [5.41, 5.74) is 5.57. The van der Waals surface area contributed by atoms with Crippen molar-refractivity contribution in [2.45, 2.75) is 12.8 Å². The largest absolute Gasteiger partial charge is 0.393 e. The monoisotopic (exact) mass is 362 g/mol. The average Bonchev–Trinajstić information content (AvgIpc) is 2.68. The molecule has 26 heavy (non-hydrogen) atoms. The molecule has 9 nitrogen and oxygen atoms in total. The van der Waals surface area contributed by atoms with E-state index >= 15 is 0 Å². The minimum absolute atomic E-state index is 0.0290. The molecule has 0 bridgehead atoms. The van der Waals surface area contributed by atoms with Gasteiger partial charge in [0.2, 0.25) is 5.91 Å². The van der Waals surface area contributed by atoms with Crippen LogP contribution in [0.2, 0.25) is 0 Å². The molecule has 140 valence electrons. The highest BCUT2D eigenvalue weighted by atomic mass is 16.6. The number of carbonyl (C=O) groups excluding carboxylic acids is 2. The maximum absolute atomic E-state index is 12.6. The first-order chi connectivity index (χ1) is 12.5. The lowest BCUT2D eigenvalue weighted by Crippen LogP contribution is -2.47. The van der Waals surface area contributed by atoms with E-state index in [-0.39, 0.29) is 34.7 Å². The number of carbonyl (C=O) groups is 2. The van der Waals surface area contributed by atoms with Gasteiger partial charge in [0, 0.05) is 43.7 Å². The number of likely N-dealkylation sites (tertiary alicyclic amines) is 1. The number of hydrogen-bond donors (Lipinski definition) is 1. The van der Waals surface area contributed by atoms with E-state index in [1.165, 1.54) is 18.2 Å². The molecular weight excluding hydrogens is 340 g/mol. The van der Waals surface area contributed by atoms with Crippen molar-refractivity contribution in [3.63, 3.8) is 0 Å². The number of rotatable bonds is 3. The van der Waals surface area contributed by atoms with Crippen LogP contribution in [0.15, 0.2) is 18.2 Å². The molecule has 0 radical (unpaired) electrons. The van der Waals surface area contributed by atoms with Gasteiger partial charge in [-0.1, -0.05) is 0 Å². The van der Waals surface area contributed by atoms with E-state index in [0.717, 1.165) is 0 Å². The summed E-state index contributed by atoms with van der Waals surface area (Å²) in [5, 5.41) is 11.0. The Hall–Kier alpha value is -2.68. The molecule has 0 atom stereocenters. The van der Waals surface area contributed by atoms with Crippen LogP contribution >= 0.6 is 0 Å². The van der Waals surface area contributed by atoms with Crippen molar-refractivity contribution in [2.24, 2.45) is 5.92 Å². The van der Waals surface area contributed by atoms with Gasteiger partial charge in [0.15, 0.2) is 0 Å². The van der Waals surface area contributed by atoms with Crippen molar-refractivity contribution >= 4 is 23.2 Å². The highest BCUT2D eigenvalue weighted by molar-refractivity contribution is 5.95. The minimum atomic E-state index is -0.598. The Morgan fingerprint density at radius 3 is 2.38 bits per heavy atom. The first kappa shape index (κ1) is 18.1. The zero-order valence-corrected chi connectivity index (χ0v) is 14.4. The van der Waals surface area contributed by atoms with E-state index in [4.69, 9.17) is 10.5 Å². The summed E-state index contributed by atoms with van der Waals surface area (Å²) in [4.78, 5) is 39.0. The van der Waals surface area contributed by atoms with Crippen LogP contribution in [0.3, 0.4) is 0 Å². The Balaban J connectivity index is 1.61. The number of benzene rings is 1. The molecule has 0 saturated carbocycles. The minimum Gasteiger partial charge on any atom is -0.393 e. The molecule has 2 fully saturated rings. The third kappa shape index (κ3) is 3.77. The summed E-state index contributed by atoms with van der Waals surface area (Å²) in [6.45, 7) is 3.29. The number of morpholine rings is 1. The molecule has 0 aliphatic carbocycles. The molecule has 2 heterocycles. The van der Waals surface area contributed by atoms with Gasteiger partial charge in [0.1, 0.15) is 5.69 Å². The maximum atomic E-state index is 12.6. The zero-order valence-electron chi connectivity index (χ0n) is 14.4. The molecule has 0 unspecified atom stereocenters. The average molecular weight is 362 g/mol. The first-order valence-corrected chi connectivity index (χ1v) is 8.67. The molecule has 9 heteroatoms. The van der Waals surface area contributed by atoms with Crippen molar-refractivity contribution in [2.75, 3.05) is 45.1 Å². The van der Waals surface area contributed by atoms with Crippen LogP contribution in [-0.2, 0) is 9.53 Å². The summed E-state index contributed by atoms with van der Waals surface area (Å²) in [5.74, 6) is -0.230. The first-order valence-electron chi connectivity index (χ1n) is 8.67. The van der Waals surface area contributed by atoms with Gasteiger partial charge in [0.05, 0.1) is 18.1 Å². The topological polar surface area (TPSA) is 119 Å². The fourth-order valence-corrected chi connectivity index (χ4v) is 3.39. The second kappa shape index (κ2) is 7.69. The quantitative estimate of drug-likeness (QED) is 0.484. The van der Waals surface area contributed by atoms with Crippen LogP contribution in [-0.4, -0.2) is 65.9 Å². The van der Waals surface area contributed by atoms with Gasteiger partial charge in [-0.3, -0.25) is 19.7 Å². The van der Waals surface area contributed by atoms with E-state index < -0.39 is 4.92 Å². The van der Waals surface area contributed by atoms with Crippen LogP contribution in [0.5, 0.6) is 0 Å². The summed E-state index contributed by atoms with van der Waals surface area (Å²) in [7, 11) is 0. The molecule has 3 rings (SSSR count). The van der Waals surface area contributed by atoms with Gasteiger partial charge in [-0.15, -0.1) is 0 Å². The SMILES string of the molecule is Nc1ccc(C(=O)N2CCC(C(=O)N3CCOCC3)CC2)cc1[N+](=O)[O-]. The molecule has 0 aromatic heterocycles. The number of piperidine rings is 1. The van der Waals surface area contributed by atoms with E-state index in [9.17, 15) is 19.7 Å². The molecule has 1 aromatic rings. The van der Waals surface area contributed by atoms with Crippen molar-refractivity contribution in [3.05, 3.63) is 33.9 Å². The van der Waals surface area contributed by atoms with Gasteiger partial charge in [-0.2, -0.15) is 0 Å². The van der Waals surface area contributed by atoms with Gasteiger partial charge in [-0.05, 0) is 25.0 Å². The van der Waals surface area contributed by atoms with Crippen LogP contribution in [0.1, 0.15) is 23.2 Å². The Morgan fingerprint density at radius 1 is 1.12 bits per heavy atom. The number of nitrogens with two attached hydrogens (primary N) is 1. The van der Waals surface area contributed by atoms with E-state index in [0.29, 0.717) is 52.2 Å². The summed E-state index contributed by atoms with van der Waals surface area (Å²) in [6.07, 6.45) is 1.19. The van der Waals surface area contributed by atoms with Crippen molar-refractivity contribution in [1.82, 2.24) is 9.80 Å². The van der Waals surface area contributed by atoms with E-state index in [1.54, 1.807) is 4.90 Å². The highest BCUT2D eigenvalue weighted by Crippen LogP contribution is 2.25. The Labute approximate surface area is 150 Å². The lowest BCUT2D eigenvalue weighted by atomic mass is 9.94. The number of hydrogen-bond acceptors (Lipinski definition) is 6. The Bertz CT molecular complexity index is 709. The standard InChI is InChI=1S/C17H22N4O5/c18-14-2-1-13(11-15(14)21(24)25)17(23)19-5-3-12(4-6-19)16(22)20-7-9-26-10-8-20/h1-2,11-12H,3-10,18H2. The predicted molar refractivity (Wildman–Crippen MR) is 93.5 cm³/mol. The van der Waals surface area contributed by atoms with Crippen LogP contribution < -0.4 is 5.73 Å². The maximum Gasteiger partial charge on any atom is 0.292 e. The second-order valence-electron chi connectivity index (χ2n) is 6.53. The van der Waals surface area contributed by atoms with E-state index in [1.807, 2.05) is 4.90 Å². The summed E-state index contributed by atoms with van der Waals surface area (Å²) in [6, 6.07) is 4.08. The number of nitrogens with zero attached hydrogens (tertiary/aromatic N) is 3. The number of anilines is 1. The lowest BCUT2D eigenvalue weighted by Gasteiger charge is -2.35. The Kier molecular flexibility index (Phi) is 5.36. The molecule has 2 saturated heterocycles. The summed E-state index contributed by atoms with van der Waals surface area (Å²) >= 11 is 0. The van der Waals surface area contributed by atoms with Crippen LogP contribution in [0.4, 0.5) is 11.4 Å². The molecule has 2 N–H and O–H groups in total. The van der Waals surface area contributed by atoms with Crippen molar-refractivity contribution in [1.29, 1.82) is 0 Å². The van der Waals surface area contributed by atoms with Gasteiger partial charge in [0.25, 0.3) is 11.6 Å². The fourth-order valence-electron chi connectivity index (χ4n) is 3.39. The van der Waals surface area contributed by atoms with Gasteiger partial charge in [-0.25, -0.2) is 0 Å². The number of nitro benzene ring substituents is 1. The van der Waals surface area contributed by atoms with Crippen LogP contribution in [0, 0.1) is 16.0 Å². The molecule has 2 aliphatic heterocycles. The van der Waals surface area contributed by atoms with E-state index in [2.05, 4.69) is 0 Å². The normalized spacial score (nSPS) is 18.6. The fraction of sp³-hybridized carbons (Fsp3) is 0.529. The van der Waals surface area contributed by atoms with Crippen molar-refractivity contribution in [3.8, 4) is 0 Å². The molecule has 0 spiro atoms. The highest BCUT2D eigenvalue weighted by Gasteiger charge is 2.31. The third-order valence-electron chi connectivity index (χ3n) is 4.93. The molecular formula is C17H22N4O5. The van der Waals surface area contributed by atoms with Crippen LogP contribution in [0.25, 0.3) is 0 Å². The summed E-state index contributed by atoms with van der Waals surface area (Å²) < 4.78 is 5.27. The number of nitro groups is 1. The molecule has 1 aromatic carbocycles.